The van der Waals surface area contributed by atoms with Gasteiger partial charge in [-0.25, -0.2) is 0 Å². The summed E-state index contributed by atoms with van der Waals surface area (Å²) in [6.45, 7) is 0. The van der Waals surface area contributed by atoms with Crippen LogP contribution >= 0.6 is 47.2 Å². The lowest BCUT2D eigenvalue weighted by Crippen LogP contribution is -2.04. The van der Waals surface area contributed by atoms with E-state index in [1.54, 1.807) is 6.07 Å². The zero-order chi connectivity index (χ0) is 14.4. The Kier molecular flexibility index (Phi) is 5.92. The van der Waals surface area contributed by atoms with Crippen molar-refractivity contribution in [3.05, 3.63) is 70.1 Å². The second-order valence-electron chi connectivity index (χ2n) is 3.85. The average molecular weight is 340 g/mol. The molecule has 102 valence electrons. The Labute approximate surface area is 138 Å². The molecule has 20 heavy (non-hydrogen) atoms. The molecule has 2 rings (SSSR count). The van der Waals surface area contributed by atoms with Crippen LogP contribution in [0.1, 0.15) is 0 Å². The second kappa shape index (κ2) is 7.70. The quantitative estimate of drug-likeness (QED) is 0.414. The SMILES string of the molecule is S=C(C=CSc1ccc(Cl)cc1Cl)Nc1ccccc1. The van der Waals surface area contributed by atoms with Crippen molar-refractivity contribution in [3.63, 3.8) is 0 Å². The number of nitrogens with one attached hydrogen (secondary N) is 1. The predicted molar refractivity (Wildman–Crippen MR) is 94.1 cm³/mol. The van der Waals surface area contributed by atoms with E-state index in [2.05, 4.69) is 5.32 Å². The van der Waals surface area contributed by atoms with Gasteiger partial charge in [0.1, 0.15) is 4.99 Å². The lowest BCUT2D eigenvalue weighted by atomic mass is 10.3. The Morgan fingerprint density at radius 2 is 1.85 bits per heavy atom. The Bertz CT molecular complexity index is 627. The largest absolute Gasteiger partial charge is 0.347 e. The summed E-state index contributed by atoms with van der Waals surface area (Å²) in [6, 6.07) is 15.2. The maximum Gasteiger partial charge on any atom is 0.104 e. The molecule has 0 amide bonds. The van der Waals surface area contributed by atoms with Crippen molar-refractivity contribution in [1.29, 1.82) is 0 Å². The molecule has 5 heteroatoms. The van der Waals surface area contributed by atoms with Crippen molar-refractivity contribution in [2.24, 2.45) is 0 Å². The molecule has 1 nitrogen and oxygen atoms in total. The van der Waals surface area contributed by atoms with E-state index in [0.29, 0.717) is 15.0 Å². The highest BCUT2D eigenvalue weighted by Gasteiger charge is 2.00. The molecule has 0 aliphatic rings. The molecule has 0 aliphatic heterocycles. The minimum atomic E-state index is 0.629. The highest BCUT2D eigenvalue weighted by atomic mass is 35.5. The highest BCUT2D eigenvalue weighted by molar-refractivity contribution is 8.02. The van der Waals surface area contributed by atoms with E-state index in [1.807, 2.05) is 53.9 Å². The molecule has 0 heterocycles. The number of para-hydroxylation sites is 1. The number of anilines is 1. The van der Waals surface area contributed by atoms with Gasteiger partial charge in [-0.3, -0.25) is 0 Å². The van der Waals surface area contributed by atoms with Crippen LogP contribution in [0.3, 0.4) is 0 Å². The summed E-state index contributed by atoms with van der Waals surface area (Å²) in [7, 11) is 0. The third-order valence-electron chi connectivity index (χ3n) is 2.35. The summed E-state index contributed by atoms with van der Waals surface area (Å²) < 4.78 is 0. The third-order valence-corrected chi connectivity index (χ3v) is 4.13. The molecule has 0 aromatic heterocycles. The summed E-state index contributed by atoms with van der Waals surface area (Å²) in [5, 5.41) is 6.29. The van der Waals surface area contributed by atoms with Crippen LogP contribution in [0.4, 0.5) is 5.69 Å². The van der Waals surface area contributed by atoms with Crippen LogP contribution in [0.15, 0.2) is 64.9 Å². The van der Waals surface area contributed by atoms with Gasteiger partial charge < -0.3 is 5.32 Å². The van der Waals surface area contributed by atoms with Crippen LogP contribution in [-0.2, 0) is 0 Å². The van der Waals surface area contributed by atoms with Gasteiger partial charge in [-0.2, -0.15) is 0 Å². The lowest BCUT2D eigenvalue weighted by Gasteiger charge is -2.03. The minimum Gasteiger partial charge on any atom is -0.347 e. The fourth-order valence-electron chi connectivity index (χ4n) is 1.45. The topological polar surface area (TPSA) is 12.0 Å². The molecule has 0 saturated carbocycles. The fraction of sp³-hybridized carbons (Fsp3) is 0. The van der Waals surface area contributed by atoms with E-state index in [0.717, 1.165) is 10.6 Å². The summed E-state index contributed by atoms with van der Waals surface area (Å²) in [4.78, 5) is 1.59. The highest BCUT2D eigenvalue weighted by Crippen LogP contribution is 2.30. The van der Waals surface area contributed by atoms with Crippen molar-refractivity contribution in [2.75, 3.05) is 5.32 Å². The van der Waals surface area contributed by atoms with Crippen LogP contribution in [0, 0.1) is 0 Å². The molecule has 0 unspecified atom stereocenters. The summed E-state index contributed by atoms with van der Waals surface area (Å²) in [5.41, 5.74) is 0.969. The minimum absolute atomic E-state index is 0.629. The first-order valence-corrected chi connectivity index (χ1v) is 7.84. The normalized spacial score (nSPS) is 10.7. The van der Waals surface area contributed by atoms with Crippen LogP contribution in [0.25, 0.3) is 0 Å². The average Bonchev–Trinajstić information content (AvgIpc) is 2.42. The number of rotatable bonds is 4. The first-order valence-electron chi connectivity index (χ1n) is 5.79. The third kappa shape index (κ3) is 4.84. The molecule has 0 atom stereocenters. The van der Waals surface area contributed by atoms with Gasteiger partial charge in [-0.15, -0.1) is 0 Å². The molecular formula is C15H11Cl2NS2. The van der Waals surface area contributed by atoms with E-state index in [-0.39, 0.29) is 0 Å². The van der Waals surface area contributed by atoms with Crippen LogP contribution in [0.2, 0.25) is 10.0 Å². The molecule has 2 aromatic carbocycles. The van der Waals surface area contributed by atoms with Crippen molar-refractivity contribution in [3.8, 4) is 0 Å². The van der Waals surface area contributed by atoms with Gasteiger partial charge in [0.15, 0.2) is 0 Å². The van der Waals surface area contributed by atoms with E-state index in [9.17, 15) is 0 Å². The molecule has 2 aromatic rings. The summed E-state index contributed by atoms with van der Waals surface area (Å²) >= 11 is 18.7. The maximum absolute atomic E-state index is 6.09. The Morgan fingerprint density at radius 1 is 1.10 bits per heavy atom. The van der Waals surface area contributed by atoms with Gasteiger partial charge in [0.05, 0.1) is 5.02 Å². The van der Waals surface area contributed by atoms with Crippen LogP contribution in [-0.4, -0.2) is 4.99 Å². The number of halogens is 2. The van der Waals surface area contributed by atoms with Gasteiger partial charge >= 0.3 is 0 Å². The zero-order valence-corrected chi connectivity index (χ0v) is 13.5. The standard InChI is InChI=1S/C15H11Cl2NS2/c16-11-6-7-14(13(17)10-11)20-9-8-15(19)18-12-4-2-1-3-5-12/h1-10H,(H,18,19). The van der Waals surface area contributed by atoms with E-state index < -0.39 is 0 Å². The van der Waals surface area contributed by atoms with Crippen molar-refractivity contribution in [1.82, 2.24) is 0 Å². The first-order chi connectivity index (χ1) is 9.65. The summed E-state index contributed by atoms with van der Waals surface area (Å²) in [6.07, 6.45) is 1.83. The zero-order valence-electron chi connectivity index (χ0n) is 10.3. The first kappa shape index (κ1) is 15.4. The molecule has 1 N–H and O–H groups in total. The summed E-state index contributed by atoms with van der Waals surface area (Å²) in [5.74, 6) is 0. The van der Waals surface area contributed by atoms with Crippen molar-refractivity contribution >= 4 is 57.9 Å². The lowest BCUT2D eigenvalue weighted by molar-refractivity contribution is 1.47. The van der Waals surface area contributed by atoms with Gasteiger partial charge in [-0.1, -0.05) is 65.4 Å². The fourth-order valence-corrected chi connectivity index (χ4v) is 2.93. The van der Waals surface area contributed by atoms with Gasteiger partial charge in [0.2, 0.25) is 0 Å². The molecule has 0 spiro atoms. The van der Waals surface area contributed by atoms with Gasteiger partial charge in [-0.05, 0) is 41.8 Å². The molecular weight excluding hydrogens is 329 g/mol. The molecule has 0 radical (unpaired) electrons. The second-order valence-corrected chi connectivity index (χ2v) is 6.08. The van der Waals surface area contributed by atoms with Crippen LogP contribution in [0.5, 0.6) is 0 Å². The number of thioether (sulfide) groups is 1. The Morgan fingerprint density at radius 3 is 2.55 bits per heavy atom. The number of benzene rings is 2. The van der Waals surface area contributed by atoms with E-state index in [4.69, 9.17) is 35.4 Å². The van der Waals surface area contributed by atoms with E-state index in [1.165, 1.54) is 11.8 Å². The number of hydrogen-bond acceptors (Lipinski definition) is 2. The number of thiocarbonyl (C=S) groups is 1. The number of hydrogen-bond donors (Lipinski definition) is 1. The maximum atomic E-state index is 6.09. The Hall–Kier alpha value is -1.00. The van der Waals surface area contributed by atoms with Gasteiger partial charge in [0.25, 0.3) is 0 Å². The molecule has 0 aliphatic carbocycles. The van der Waals surface area contributed by atoms with E-state index >= 15 is 0 Å². The molecule has 0 bridgehead atoms. The smallest absolute Gasteiger partial charge is 0.104 e. The van der Waals surface area contributed by atoms with Crippen molar-refractivity contribution in [2.45, 2.75) is 4.90 Å². The van der Waals surface area contributed by atoms with Crippen molar-refractivity contribution < 1.29 is 0 Å². The predicted octanol–water partition coefficient (Wildman–Crippen LogP) is 6.04. The monoisotopic (exact) mass is 339 g/mol. The molecule has 0 fully saturated rings. The van der Waals surface area contributed by atoms with Gasteiger partial charge in [0, 0.05) is 15.6 Å². The Balaban J connectivity index is 1.91. The van der Waals surface area contributed by atoms with Crippen LogP contribution < -0.4 is 5.32 Å². The molecule has 0 saturated heterocycles.